The molecule has 3 aromatic carbocycles. The van der Waals surface area contributed by atoms with Crippen LogP contribution in [0.1, 0.15) is 11.3 Å². The van der Waals surface area contributed by atoms with Gasteiger partial charge in [-0.25, -0.2) is 15.0 Å². The third kappa shape index (κ3) is 2.27. The molecule has 26 heavy (non-hydrogen) atoms. The molecule has 1 aliphatic carbocycles. The zero-order valence-corrected chi connectivity index (χ0v) is 14.2. The highest BCUT2D eigenvalue weighted by molar-refractivity contribution is 6.24. The van der Waals surface area contributed by atoms with Gasteiger partial charge in [0.05, 0.1) is 35.2 Å². The summed E-state index contributed by atoms with van der Waals surface area (Å²) < 4.78 is 5.23. The molecule has 1 heterocycles. The second-order valence-electron chi connectivity index (χ2n) is 6.11. The highest BCUT2D eigenvalue weighted by atomic mass is 16.5. The lowest BCUT2D eigenvalue weighted by atomic mass is 10.1. The Bertz CT molecular complexity index is 1160. The fourth-order valence-electron chi connectivity index (χ4n) is 3.28. The van der Waals surface area contributed by atoms with Crippen LogP contribution >= 0.6 is 0 Å². The van der Waals surface area contributed by atoms with Gasteiger partial charge in [-0.1, -0.05) is 36.4 Å². The first-order chi connectivity index (χ1) is 12.8. The topological polar surface area (TPSA) is 47.4 Å². The van der Waals surface area contributed by atoms with Crippen molar-refractivity contribution in [1.29, 1.82) is 0 Å². The van der Waals surface area contributed by atoms with Gasteiger partial charge in [0.25, 0.3) is 0 Å². The van der Waals surface area contributed by atoms with Crippen LogP contribution in [0.15, 0.2) is 77.8 Å². The van der Waals surface area contributed by atoms with E-state index < -0.39 is 0 Å². The first kappa shape index (κ1) is 14.8. The first-order valence-corrected chi connectivity index (χ1v) is 8.43. The molecule has 0 amide bonds. The van der Waals surface area contributed by atoms with E-state index >= 15 is 0 Å². The number of aromatic nitrogens is 2. The van der Waals surface area contributed by atoms with Gasteiger partial charge in [0.1, 0.15) is 11.4 Å². The molecule has 0 unspecified atom stereocenters. The summed E-state index contributed by atoms with van der Waals surface area (Å²) in [7, 11) is 1.66. The number of nitrogens with zero attached hydrogens (tertiary/aromatic N) is 3. The van der Waals surface area contributed by atoms with Gasteiger partial charge in [0, 0.05) is 11.1 Å². The number of aliphatic imine (C=N–C) groups is 1. The SMILES string of the molecule is COc1ccc(N=C2c3ccccc3-c3nc4ccccc4nc32)cc1. The molecule has 0 N–H and O–H groups in total. The van der Waals surface area contributed by atoms with E-state index in [0.29, 0.717) is 0 Å². The van der Waals surface area contributed by atoms with Crippen molar-refractivity contribution in [2.45, 2.75) is 0 Å². The minimum Gasteiger partial charge on any atom is -0.497 e. The quantitative estimate of drug-likeness (QED) is 0.465. The van der Waals surface area contributed by atoms with Crippen molar-refractivity contribution < 1.29 is 4.74 Å². The van der Waals surface area contributed by atoms with Gasteiger partial charge in [-0.3, -0.25) is 0 Å². The van der Waals surface area contributed by atoms with Crippen molar-refractivity contribution >= 4 is 22.4 Å². The Balaban J connectivity index is 1.75. The van der Waals surface area contributed by atoms with Crippen LogP contribution in [0.4, 0.5) is 5.69 Å². The fraction of sp³-hybridized carbons (Fsp3) is 0.0455. The summed E-state index contributed by atoms with van der Waals surface area (Å²) in [6.07, 6.45) is 0. The monoisotopic (exact) mass is 337 g/mol. The van der Waals surface area contributed by atoms with Gasteiger partial charge < -0.3 is 4.74 Å². The molecule has 1 aliphatic rings. The minimum absolute atomic E-state index is 0.812. The fourth-order valence-corrected chi connectivity index (χ4v) is 3.28. The molecule has 4 aromatic rings. The van der Waals surface area contributed by atoms with Gasteiger partial charge >= 0.3 is 0 Å². The predicted molar refractivity (Wildman–Crippen MR) is 103 cm³/mol. The summed E-state index contributed by atoms with van der Waals surface area (Å²) in [6, 6.07) is 23.8. The van der Waals surface area contributed by atoms with Gasteiger partial charge in [-0.05, 0) is 36.4 Å². The van der Waals surface area contributed by atoms with E-state index in [9.17, 15) is 0 Å². The maximum absolute atomic E-state index is 5.23. The Kier molecular flexibility index (Phi) is 3.28. The van der Waals surface area contributed by atoms with E-state index in [1.54, 1.807) is 7.11 Å². The van der Waals surface area contributed by atoms with Crippen molar-refractivity contribution in [3.05, 3.63) is 84.1 Å². The van der Waals surface area contributed by atoms with Crippen LogP contribution in [0, 0.1) is 0 Å². The number of ether oxygens (including phenoxy) is 1. The van der Waals surface area contributed by atoms with Crippen LogP contribution in [0.25, 0.3) is 22.3 Å². The number of methoxy groups -OCH3 is 1. The Morgan fingerprint density at radius 3 is 2.00 bits per heavy atom. The molecular formula is C22H15N3O. The minimum atomic E-state index is 0.812. The molecule has 0 aliphatic heterocycles. The van der Waals surface area contributed by atoms with Gasteiger partial charge in [-0.2, -0.15) is 0 Å². The lowest BCUT2D eigenvalue weighted by molar-refractivity contribution is 0.415. The van der Waals surface area contributed by atoms with Crippen molar-refractivity contribution in [2.24, 2.45) is 4.99 Å². The number of hydrogen-bond donors (Lipinski definition) is 0. The van der Waals surface area contributed by atoms with Gasteiger partial charge in [0.2, 0.25) is 0 Å². The second kappa shape index (κ2) is 5.77. The number of para-hydroxylation sites is 2. The van der Waals surface area contributed by atoms with Crippen molar-refractivity contribution in [2.75, 3.05) is 7.11 Å². The van der Waals surface area contributed by atoms with E-state index in [-0.39, 0.29) is 0 Å². The van der Waals surface area contributed by atoms with Gasteiger partial charge in [-0.15, -0.1) is 0 Å². The lowest BCUT2D eigenvalue weighted by Crippen LogP contribution is -2.01. The first-order valence-electron chi connectivity index (χ1n) is 8.43. The molecule has 124 valence electrons. The van der Waals surface area contributed by atoms with E-state index in [1.807, 2.05) is 60.7 Å². The molecule has 0 fully saturated rings. The largest absolute Gasteiger partial charge is 0.497 e. The average molecular weight is 337 g/mol. The molecule has 4 heteroatoms. The van der Waals surface area contributed by atoms with Crippen LogP contribution in [0.3, 0.4) is 0 Å². The molecule has 0 atom stereocenters. The second-order valence-corrected chi connectivity index (χ2v) is 6.11. The molecular weight excluding hydrogens is 322 g/mol. The highest BCUT2D eigenvalue weighted by Gasteiger charge is 2.28. The summed E-state index contributed by atoms with van der Waals surface area (Å²) in [6.45, 7) is 0. The Hall–Kier alpha value is -3.53. The number of fused-ring (bicyclic) bond motifs is 4. The standard InChI is InChI=1S/C22H15N3O/c1-26-15-12-10-14(11-13-15)23-20-16-6-2-3-7-17(16)21-22(20)25-19-9-5-4-8-18(19)24-21/h2-13H,1H3. The normalized spacial score (nSPS) is 13.7. The van der Waals surface area contributed by atoms with Crippen LogP contribution in [0.2, 0.25) is 0 Å². The summed E-state index contributed by atoms with van der Waals surface area (Å²) in [5.74, 6) is 0.812. The summed E-state index contributed by atoms with van der Waals surface area (Å²) in [4.78, 5) is 14.6. The van der Waals surface area contributed by atoms with E-state index in [1.165, 1.54) is 0 Å². The Labute approximate surface area is 150 Å². The Morgan fingerprint density at radius 2 is 1.31 bits per heavy atom. The maximum atomic E-state index is 5.23. The molecule has 4 nitrogen and oxygen atoms in total. The lowest BCUT2D eigenvalue weighted by Gasteiger charge is -2.04. The van der Waals surface area contributed by atoms with E-state index in [4.69, 9.17) is 19.7 Å². The molecule has 0 saturated heterocycles. The molecule has 0 spiro atoms. The Morgan fingerprint density at radius 1 is 0.692 bits per heavy atom. The maximum Gasteiger partial charge on any atom is 0.119 e. The zero-order valence-electron chi connectivity index (χ0n) is 14.2. The summed E-state index contributed by atoms with van der Waals surface area (Å²) in [5, 5.41) is 0. The number of hydrogen-bond acceptors (Lipinski definition) is 4. The number of benzene rings is 3. The molecule has 1 aromatic heterocycles. The van der Waals surface area contributed by atoms with Crippen LogP contribution in [-0.4, -0.2) is 22.8 Å². The third-order valence-electron chi connectivity index (χ3n) is 4.55. The van der Waals surface area contributed by atoms with Crippen molar-refractivity contribution in [3.63, 3.8) is 0 Å². The van der Waals surface area contributed by atoms with Gasteiger partial charge in [0.15, 0.2) is 0 Å². The van der Waals surface area contributed by atoms with Crippen molar-refractivity contribution in [1.82, 2.24) is 9.97 Å². The average Bonchev–Trinajstić information content (AvgIpc) is 3.00. The summed E-state index contributed by atoms with van der Waals surface area (Å²) in [5.41, 5.74) is 7.36. The number of rotatable bonds is 2. The van der Waals surface area contributed by atoms with E-state index in [0.717, 1.165) is 50.7 Å². The smallest absolute Gasteiger partial charge is 0.119 e. The molecule has 0 radical (unpaired) electrons. The van der Waals surface area contributed by atoms with Crippen LogP contribution in [0.5, 0.6) is 5.75 Å². The predicted octanol–water partition coefficient (Wildman–Crippen LogP) is 4.79. The molecule has 0 bridgehead atoms. The molecule has 5 rings (SSSR count). The van der Waals surface area contributed by atoms with Crippen LogP contribution < -0.4 is 4.74 Å². The van der Waals surface area contributed by atoms with E-state index in [2.05, 4.69) is 12.1 Å². The highest BCUT2D eigenvalue weighted by Crippen LogP contribution is 2.36. The zero-order chi connectivity index (χ0) is 17.5. The summed E-state index contributed by atoms with van der Waals surface area (Å²) >= 11 is 0. The third-order valence-corrected chi connectivity index (χ3v) is 4.55. The van der Waals surface area contributed by atoms with Crippen LogP contribution in [-0.2, 0) is 0 Å². The molecule has 0 saturated carbocycles. The van der Waals surface area contributed by atoms with Crippen molar-refractivity contribution in [3.8, 4) is 17.0 Å².